The number of H-pyrrole nitrogens is 1. The zero-order chi connectivity index (χ0) is 12.3. The van der Waals surface area contributed by atoms with Crippen LogP contribution >= 0.6 is 0 Å². The molecule has 17 heavy (non-hydrogen) atoms. The van der Waals surface area contributed by atoms with E-state index in [-0.39, 0.29) is 5.56 Å². The number of nitrogens with zero attached hydrogens (tertiary/aromatic N) is 2. The fourth-order valence-corrected chi connectivity index (χ4v) is 1.60. The van der Waals surface area contributed by atoms with Gasteiger partial charge in [-0.3, -0.25) is 4.79 Å². The summed E-state index contributed by atoms with van der Waals surface area (Å²) in [5.74, 6) is 0. The number of hydrogen-bond acceptors (Lipinski definition) is 3. The van der Waals surface area contributed by atoms with Crippen molar-refractivity contribution in [3.8, 4) is 6.07 Å². The SMILES string of the molecule is C=CCCc1nc2cc(C#N)ccc2[nH]c1=O. The van der Waals surface area contributed by atoms with Crippen LogP contribution in [-0.4, -0.2) is 9.97 Å². The molecule has 0 spiro atoms. The zero-order valence-electron chi connectivity index (χ0n) is 9.23. The van der Waals surface area contributed by atoms with E-state index >= 15 is 0 Å². The van der Waals surface area contributed by atoms with Crippen LogP contribution in [0.1, 0.15) is 17.7 Å². The topological polar surface area (TPSA) is 69.5 Å². The molecule has 0 bridgehead atoms. The summed E-state index contributed by atoms with van der Waals surface area (Å²) < 4.78 is 0. The molecule has 1 heterocycles. The second-order valence-corrected chi connectivity index (χ2v) is 3.68. The molecule has 1 aromatic heterocycles. The van der Waals surface area contributed by atoms with Crippen LogP contribution in [0.2, 0.25) is 0 Å². The first-order valence-corrected chi connectivity index (χ1v) is 5.28. The average molecular weight is 225 g/mol. The predicted octanol–water partition coefficient (Wildman–Crippen LogP) is 1.91. The lowest BCUT2D eigenvalue weighted by atomic mass is 10.2. The number of aromatic amines is 1. The minimum atomic E-state index is -0.177. The van der Waals surface area contributed by atoms with Gasteiger partial charge in [-0.15, -0.1) is 6.58 Å². The molecule has 0 atom stereocenters. The maximum atomic E-state index is 11.7. The fraction of sp³-hybridized carbons (Fsp3) is 0.154. The van der Waals surface area contributed by atoms with E-state index in [1.54, 1.807) is 24.3 Å². The lowest BCUT2D eigenvalue weighted by molar-refractivity contribution is 0.922. The van der Waals surface area contributed by atoms with E-state index in [0.29, 0.717) is 35.1 Å². The highest BCUT2D eigenvalue weighted by Gasteiger charge is 2.04. The maximum Gasteiger partial charge on any atom is 0.270 e. The molecular formula is C13H11N3O. The molecule has 0 saturated heterocycles. The summed E-state index contributed by atoms with van der Waals surface area (Å²) in [4.78, 5) is 18.7. The molecular weight excluding hydrogens is 214 g/mol. The molecule has 1 aromatic carbocycles. The Labute approximate surface area is 98.2 Å². The molecule has 0 aliphatic carbocycles. The van der Waals surface area contributed by atoms with Gasteiger partial charge < -0.3 is 4.98 Å². The summed E-state index contributed by atoms with van der Waals surface area (Å²) in [7, 11) is 0. The predicted molar refractivity (Wildman–Crippen MR) is 65.6 cm³/mol. The van der Waals surface area contributed by atoms with Crippen molar-refractivity contribution in [2.24, 2.45) is 0 Å². The first-order chi connectivity index (χ1) is 8.24. The molecule has 84 valence electrons. The van der Waals surface area contributed by atoms with Crippen molar-refractivity contribution in [3.05, 3.63) is 52.5 Å². The van der Waals surface area contributed by atoms with Gasteiger partial charge in [0.05, 0.1) is 22.7 Å². The Bertz CT molecular complexity index is 664. The number of aromatic nitrogens is 2. The maximum absolute atomic E-state index is 11.7. The van der Waals surface area contributed by atoms with Crippen LogP contribution in [0.25, 0.3) is 11.0 Å². The lowest BCUT2D eigenvalue weighted by Crippen LogP contribution is -2.14. The molecule has 0 saturated carbocycles. The van der Waals surface area contributed by atoms with Gasteiger partial charge in [0.25, 0.3) is 5.56 Å². The third kappa shape index (κ3) is 2.23. The molecule has 0 aliphatic heterocycles. The standard InChI is InChI=1S/C13H11N3O/c1-2-3-4-11-13(17)16-10-6-5-9(8-14)7-12(10)15-11/h2,5-7H,1,3-4H2,(H,16,17). The van der Waals surface area contributed by atoms with Crippen molar-refractivity contribution in [1.82, 2.24) is 9.97 Å². The molecule has 0 radical (unpaired) electrons. The third-order valence-corrected chi connectivity index (χ3v) is 2.48. The van der Waals surface area contributed by atoms with Crippen molar-refractivity contribution < 1.29 is 0 Å². The second-order valence-electron chi connectivity index (χ2n) is 3.68. The Kier molecular flexibility index (Phi) is 3.01. The molecule has 2 rings (SSSR count). The summed E-state index contributed by atoms with van der Waals surface area (Å²) in [5.41, 5.74) is 2.13. The first-order valence-electron chi connectivity index (χ1n) is 5.28. The highest BCUT2D eigenvalue weighted by atomic mass is 16.1. The van der Waals surface area contributed by atoms with Gasteiger partial charge in [0.2, 0.25) is 0 Å². The van der Waals surface area contributed by atoms with E-state index < -0.39 is 0 Å². The smallest absolute Gasteiger partial charge is 0.270 e. The van der Waals surface area contributed by atoms with Gasteiger partial charge in [-0.2, -0.15) is 5.26 Å². The van der Waals surface area contributed by atoms with Crippen LogP contribution in [0.4, 0.5) is 0 Å². The van der Waals surface area contributed by atoms with Crippen LogP contribution in [0, 0.1) is 11.3 Å². The molecule has 0 amide bonds. The van der Waals surface area contributed by atoms with Crippen LogP contribution in [0.5, 0.6) is 0 Å². The number of allylic oxidation sites excluding steroid dienone is 1. The van der Waals surface area contributed by atoms with Gasteiger partial charge in [0, 0.05) is 0 Å². The Balaban J connectivity index is 2.57. The number of hydrogen-bond donors (Lipinski definition) is 1. The zero-order valence-corrected chi connectivity index (χ0v) is 9.23. The Morgan fingerprint density at radius 3 is 3.06 bits per heavy atom. The number of aryl methyl sites for hydroxylation is 1. The Morgan fingerprint density at radius 2 is 2.35 bits per heavy atom. The molecule has 0 fully saturated rings. The highest BCUT2D eigenvalue weighted by molar-refractivity contribution is 5.75. The minimum absolute atomic E-state index is 0.177. The van der Waals surface area contributed by atoms with E-state index in [9.17, 15) is 4.79 Å². The Morgan fingerprint density at radius 1 is 1.53 bits per heavy atom. The molecule has 4 heteroatoms. The van der Waals surface area contributed by atoms with E-state index in [1.165, 1.54) is 0 Å². The third-order valence-electron chi connectivity index (χ3n) is 2.48. The summed E-state index contributed by atoms with van der Waals surface area (Å²) in [6.45, 7) is 3.61. The monoisotopic (exact) mass is 225 g/mol. The average Bonchev–Trinajstić information content (AvgIpc) is 2.35. The van der Waals surface area contributed by atoms with Crippen molar-refractivity contribution in [2.45, 2.75) is 12.8 Å². The fourth-order valence-electron chi connectivity index (χ4n) is 1.60. The summed E-state index contributed by atoms with van der Waals surface area (Å²) in [5, 5.41) is 8.80. The number of nitriles is 1. The normalized spacial score (nSPS) is 10.1. The van der Waals surface area contributed by atoms with E-state index in [4.69, 9.17) is 5.26 Å². The van der Waals surface area contributed by atoms with Gasteiger partial charge in [-0.05, 0) is 31.0 Å². The van der Waals surface area contributed by atoms with Crippen molar-refractivity contribution in [3.63, 3.8) is 0 Å². The van der Waals surface area contributed by atoms with Crippen molar-refractivity contribution in [1.29, 1.82) is 5.26 Å². The minimum Gasteiger partial charge on any atom is -0.319 e. The largest absolute Gasteiger partial charge is 0.319 e. The van der Waals surface area contributed by atoms with Crippen LogP contribution in [0.3, 0.4) is 0 Å². The van der Waals surface area contributed by atoms with E-state index in [0.717, 1.165) is 0 Å². The van der Waals surface area contributed by atoms with Crippen molar-refractivity contribution in [2.75, 3.05) is 0 Å². The molecule has 4 nitrogen and oxygen atoms in total. The number of benzene rings is 1. The van der Waals surface area contributed by atoms with Gasteiger partial charge in [-0.1, -0.05) is 6.08 Å². The van der Waals surface area contributed by atoms with Gasteiger partial charge in [0.15, 0.2) is 0 Å². The molecule has 0 aliphatic rings. The highest BCUT2D eigenvalue weighted by Crippen LogP contribution is 2.10. The number of rotatable bonds is 3. The quantitative estimate of drug-likeness (QED) is 0.811. The molecule has 1 N–H and O–H groups in total. The van der Waals surface area contributed by atoms with Crippen LogP contribution < -0.4 is 5.56 Å². The van der Waals surface area contributed by atoms with Crippen LogP contribution in [0.15, 0.2) is 35.6 Å². The summed E-state index contributed by atoms with van der Waals surface area (Å²) >= 11 is 0. The van der Waals surface area contributed by atoms with Gasteiger partial charge in [-0.25, -0.2) is 4.98 Å². The summed E-state index contributed by atoms with van der Waals surface area (Å²) in [6.07, 6.45) is 3.02. The summed E-state index contributed by atoms with van der Waals surface area (Å²) in [6, 6.07) is 7.07. The van der Waals surface area contributed by atoms with Gasteiger partial charge >= 0.3 is 0 Å². The van der Waals surface area contributed by atoms with Gasteiger partial charge in [0.1, 0.15) is 5.69 Å². The lowest BCUT2D eigenvalue weighted by Gasteiger charge is -2.01. The Hall–Kier alpha value is -2.41. The first kappa shape index (κ1) is 11.1. The van der Waals surface area contributed by atoms with Crippen LogP contribution in [-0.2, 0) is 6.42 Å². The number of nitrogens with one attached hydrogen (secondary N) is 1. The molecule has 2 aromatic rings. The molecule has 0 unspecified atom stereocenters. The van der Waals surface area contributed by atoms with Crippen molar-refractivity contribution >= 4 is 11.0 Å². The van der Waals surface area contributed by atoms with E-state index in [2.05, 4.69) is 16.5 Å². The number of fused-ring (bicyclic) bond motifs is 1. The second kappa shape index (κ2) is 4.62. The van der Waals surface area contributed by atoms with E-state index in [1.807, 2.05) is 6.07 Å².